The number of benzene rings is 1. The summed E-state index contributed by atoms with van der Waals surface area (Å²) in [6.07, 6.45) is 2.78. The summed E-state index contributed by atoms with van der Waals surface area (Å²) in [7, 11) is 0. The molecule has 7 nitrogen and oxygen atoms in total. The van der Waals surface area contributed by atoms with E-state index in [2.05, 4.69) is 24.3 Å². The minimum absolute atomic E-state index is 0.389. The molecule has 1 heterocycles. The minimum Gasteiger partial charge on any atom is -0.492 e. The van der Waals surface area contributed by atoms with Crippen LogP contribution in [-0.2, 0) is 20.9 Å². The Hall–Kier alpha value is -2.80. The van der Waals surface area contributed by atoms with Crippen molar-refractivity contribution in [2.45, 2.75) is 34.2 Å². The number of nitrogens with zero attached hydrogens (tertiary/aromatic N) is 2. The molecule has 0 bridgehead atoms. The SMILES string of the molecule is CCOc1ccccc1NC(=O)COC(=O)/C=C/c1c(C)nn(CC(C)C)c1Cl. The second-order valence-electron chi connectivity index (χ2n) is 6.78. The molecule has 29 heavy (non-hydrogen) atoms. The van der Waals surface area contributed by atoms with Crippen LogP contribution in [0.5, 0.6) is 5.75 Å². The van der Waals surface area contributed by atoms with Crippen molar-refractivity contribution in [3.05, 3.63) is 46.8 Å². The molecule has 156 valence electrons. The fraction of sp³-hybridized carbons (Fsp3) is 0.381. The zero-order valence-electron chi connectivity index (χ0n) is 17.1. The molecule has 1 aromatic heterocycles. The average Bonchev–Trinajstić information content (AvgIpc) is 2.92. The molecule has 0 aliphatic rings. The molecular formula is C21H26ClN3O4. The van der Waals surface area contributed by atoms with Crippen molar-refractivity contribution in [1.82, 2.24) is 9.78 Å². The van der Waals surface area contributed by atoms with Gasteiger partial charge in [-0.05, 0) is 38.0 Å². The van der Waals surface area contributed by atoms with E-state index in [0.717, 1.165) is 0 Å². The van der Waals surface area contributed by atoms with Gasteiger partial charge in [-0.3, -0.25) is 9.48 Å². The summed E-state index contributed by atoms with van der Waals surface area (Å²) in [6, 6.07) is 7.05. The molecule has 2 aromatic rings. The van der Waals surface area contributed by atoms with Gasteiger partial charge in [0.25, 0.3) is 5.91 Å². The summed E-state index contributed by atoms with van der Waals surface area (Å²) in [6.45, 7) is 8.55. The van der Waals surface area contributed by atoms with Crippen LogP contribution in [0.3, 0.4) is 0 Å². The van der Waals surface area contributed by atoms with Gasteiger partial charge in [0.05, 0.1) is 18.0 Å². The molecule has 8 heteroatoms. The number of halogens is 1. The first-order chi connectivity index (χ1) is 13.8. The van der Waals surface area contributed by atoms with E-state index in [1.807, 2.05) is 19.9 Å². The highest BCUT2D eigenvalue weighted by Gasteiger charge is 2.13. The number of anilines is 1. The molecule has 1 N–H and O–H groups in total. The Bertz CT molecular complexity index is 890. The van der Waals surface area contributed by atoms with Crippen molar-refractivity contribution in [3.8, 4) is 5.75 Å². The van der Waals surface area contributed by atoms with Gasteiger partial charge in [-0.1, -0.05) is 37.6 Å². The standard InChI is InChI=1S/C21H26ClN3O4/c1-5-28-18-9-7-6-8-17(18)23-19(26)13-29-20(27)11-10-16-15(4)24-25(21(16)22)12-14(2)3/h6-11,14H,5,12-13H2,1-4H3,(H,23,26)/b11-10+. The summed E-state index contributed by atoms with van der Waals surface area (Å²) >= 11 is 6.34. The van der Waals surface area contributed by atoms with Gasteiger partial charge in [0.15, 0.2) is 6.61 Å². The smallest absolute Gasteiger partial charge is 0.331 e. The molecule has 1 aromatic carbocycles. The second-order valence-corrected chi connectivity index (χ2v) is 7.14. The molecule has 0 aliphatic carbocycles. The largest absolute Gasteiger partial charge is 0.492 e. The maximum Gasteiger partial charge on any atom is 0.331 e. The molecule has 0 unspecified atom stereocenters. The monoisotopic (exact) mass is 419 g/mol. The van der Waals surface area contributed by atoms with Crippen LogP contribution in [0.4, 0.5) is 5.69 Å². The van der Waals surface area contributed by atoms with Crippen molar-refractivity contribution in [1.29, 1.82) is 0 Å². The van der Waals surface area contributed by atoms with Crippen LogP contribution in [-0.4, -0.2) is 34.9 Å². The molecular weight excluding hydrogens is 394 g/mol. The zero-order chi connectivity index (χ0) is 21.4. The van der Waals surface area contributed by atoms with Crippen molar-refractivity contribution < 1.29 is 19.1 Å². The topological polar surface area (TPSA) is 82.4 Å². The fourth-order valence-corrected chi connectivity index (χ4v) is 2.90. The zero-order valence-corrected chi connectivity index (χ0v) is 17.8. The average molecular weight is 420 g/mol. The van der Waals surface area contributed by atoms with Crippen LogP contribution in [0.25, 0.3) is 6.08 Å². The summed E-state index contributed by atoms with van der Waals surface area (Å²) in [4.78, 5) is 24.0. The van der Waals surface area contributed by atoms with Crippen molar-refractivity contribution in [3.63, 3.8) is 0 Å². The number of amides is 1. The number of hydrogen-bond acceptors (Lipinski definition) is 5. The molecule has 0 saturated carbocycles. The molecule has 0 atom stereocenters. The number of esters is 1. The Morgan fingerprint density at radius 3 is 2.72 bits per heavy atom. The Morgan fingerprint density at radius 2 is 2.03 bits per heavy atom. The van der Waals surface area contributed by atoms with Gasteiger partial charge in [0.2, 0.25) is 0 Å². The maximum absolute atomic E-state index is 12.1. The molecule has 1 amide bonds. The lowest BCUT2D eigenvalue weighted by Crippen LogP contribution is -2.20. The third kappa shape index (κ3) is 6.64. The molecule has 0 aliphatic heterocycles. The predicted octanol–water partition coefficient (Wildman–Crippen LogP) is 4.09. The van der Waals surface area contributed by atoms with E-state index in [9.17, 15) is 9.59 Å². The summed E-state index contributed by atoms with van der Waals surface area (Å²) in [5, 5.41) is 7.51. The summed E-state index contributed by atoms with van der Waals surface area (Å²) < 4.78 is 12.1. The highest BCUT2D eigenvalue weighted by molar-refractivity contribution is 6.31. The normalized spacial score (nSPS) is 11.1. The molecule has 2 rings (SSSR count). The lowest BCUT2D eigenvalue weighted by atomic mass is 10.2. The first kappa shape index (κ1) is 22.5. The van der Waals surface area contributed by atoms with E-state index in [0.29, 0.717) is 46.9 Å². The second kappa shape index (κ2) is 10.7. The highest BCUT2D eigenvalue weighted by atomic mass is 35.5. The van der Waals surface area contributed by atoms with Gasteiger partial charge in [0, 0.05) is 18.2 Å². The van der Waals surface area contributed by atoms with E-state index >= 15 is 0 Å². The van der Waals surface area contributed by atoms with Crippen LogP contribution in [0.1, 0.15) is 32.0 Å². The first-order valence-electron chi connectivity index (χ1n) is 9.41. The van der Waals surface area contributed by atoms with E-state index in [1.54, 1.807) is 29.0 Å². The predicted molar refractivity (Wildman–Crippen MR) is 113 cm³/mol. The third-order valence-electron chi connectivity index (χ3n) is 3.84. The maximum atomic E-state index is 12.1. The van der Waals surface area contributed by atoms with Crippen molar-refractivity contribution in [2.24, 2.45) is 5.92 Å². The van der Waals surface area contributed by atoms with Gasteiger partial charge >= 0.3 is 5.97 Å². The van der Waals surface area contributed by atoms with Gasteiger partial charge in [0.1, 0.15) is 10.9 Å². The Kier molecular flexibility index (Phi) is 8.27. The number of rotatable bonds is 9. The van der Waals surface area contributed by atoms with Gasteiger partial charge in [-0.25, -0.2) is 4.79 Å². The third-order valence-corrected chi connectivity index (χ3v) is 4.24. The van der Waals surface area contributed by atoms with E-state index in [-0.39, 0.29) is 0 Å². The summed E-state index contributed by atoms with van der Waals surface area (Å²) in [5.41, 5.74) is 1.88. The number of carbonyl (C=O) groups excluding carboxylic acids is 2. The van der Waals surface area contributed by atoms with Crippen LogP contribution in [0, 0.1) is 12.8 Å². The van der Waals surface area contributed by atoms with E-state index in [4.69, 9.17) is 21.1 Å². The van der Waals surface area contributed by atoms with E-state index < -0.39 is 18.5 Å². The number of aromatic nitrogens is 2. The van der Waals surface area contributed by atoms with Gasteiger partial charge in [-0.2, -0.15) is 5.10 Å². The van der Waals surface area contributed by atoms with Crippen molar-refractivity contribution >= 4 is 35.2 Å². The summed E-state index contributed by atoms with van der Waals surface area (Å²) in [5.74, 6) is -0.166. The van der Waals surface area contributed by atoms with Gasteiger partial charge < -0.3 is 14.8 Å². The van der Waals surface area contributed by atoms with Crippen molar-refractivity contribution in [2.75, 3.05) is 18.5 Å². The van der Waals surface area contributed by atoms with Crippen LogP contribution >= 0.6 is 11.6 Å². The lowest BCUT2D eigenvalue weighted by molar-refractivity contribution is -0.142. The van der Waals surface area contributed by atoms with Crippen LogP contribution in [0.15, 0.2) is 30.3 Å². The Balaban J connectivity index is 1.92. The number of aryl methyl sites for hydroxylation is 1. The minimum atomic E-state index is -0.648. The molecule has 0 radical (unpaired) electrons. The lowest BCUT2D eigenvalue weighted by Gasteiger charge is -2.11. The number of para-hydroxylation sites is 2. The number of hydrogen-bond donors (Lipinski definition) is 1. The molecule has 0 spiro atoms. The Labute approximate surface area is 175 Å². The fourth-order valence-electron chi connectivity index (χ4n) is 2.60. The number of ether oxygens (including phenoxy) is 2. The highest BCUT2D eigenvalue weighted by Crippen LogP contribution is 2.24. The van der Waals surface area contributed by atoms with Crippen LogP contribution < -0.4 is 10.1 Å². The Morgan fingerprint density at radius 1 is 1.31 bits per heavy atom. The number of nitrogens with one attached hydrogen (secondary N) is 1. The molecule has 0 fully saturated rings. The van der Waals surface area contributed by atoms with E-state index in [1.165, 1.54) is 6.08 Å². The van der Waals surface area contributed by atoms with Crippen LogP contribution in [0.2, 0.25) is 5.15 Å². The number of carbonyl (C=O) groups is 2. The quantitative estimate of drug-likeness (QED) is 0.488. The molecule has 0 saturated heterocycles. The first-order valence-corrected chi connectivity index (χ1v) is 9.79. The van der Waals surface area contributed by atoms with Gasteiger partial charge in [-0.15, -0.1) is 0 Å².